The first-order valence-corrected chi connectivity index (χ1v) is 5.95. The Kier molecular flexibility index (Phi) is 4.02. The molecule has 1 N–H and O–H groups in total. The van der Waals surface area contributed by atoms with Crippen LogP contribution in [0.1, 0.15) is 18.6 Å². The van der Waals surface area contributed by atoms with Crippen molar-refractivity contribution in [2.24, 2.45) is 0 Å². The number of aliphatic hydroxyl groups is 1. The number of hydrogen-bond acceptors (Lipinski definition) is 2. The summed E-state index contributed by atoms with van der Waals surface area (Å²) in [6, 6.07) is 7.88. The molecule has 0 saturated carbocycles. The average molecular weight is 285 g/mol. The van der Waals surface area contributed by atoms with Crippen LogP contribution in [0.15, 0.2) is 36.4 Å². The van der Waals surface area contributed by atoms with Crippen LogP contribution in [0.5, 0.6) is 11.5 Å². The van der Waals surface area contributed by atoms with Gasteiger partial charge in [-0.3, -0.25) is 0 Å². The van der Waals surface area contributed by atoms with Gasteiger partial charge in [0.15, 0.2) is 11.6 Å². The Labute approximate surface area is 114 Å². The fourth-order valence-corrected chi connectivity index (χ4v) is 1.70. The molecule has 0 unspecified atom stereocenters. The van der Waals surface area contributed by atoms with Crippen molar-refractivity contribution in [1.82, 2.24) is 0 Å². The Morgan fingerprint density at radius 2 is 1.84 bits per heavy atom. The van der Waals surface area contributed by atoms with Gasteiger partial charge < -0.3 is 9.84 Å². The molecule has 0 amide bonds. The minimum atomic E-state index is -0.760. The number of halogens is 3. The van der Waals surface area contributed by atoms with Crippen molar-refractivity contribution in [3.8, 4) is 11.5 Å². The van der Waals surface area contributed by atoms with Crippen LogP contribution in [0, 0.1) is 11.6 Å². The summed E-state index contributed by atoms with van der Waals surface area (Å²) >= 11 is 5.60. The third-order valence-electron chi connectivity index (χ3n) is 2.56. The highest BCUT2D eigenvalue weighted by Gasteiger charge is 2.10. The van der Waals surface area contributed by atoms with Gasteiger partial charge in [0.1, 0.15) is 11.6 Å². The summed E-state index contributed by atoms with van der Waals surface area (Å²) < 4.78 is 32.0. The Balaban J connectivity index is 2.25. The van der Waals surface area contributed by atoms with Gasteiger partial charge >= 0.3 is 0 Å². The van der Waals surface area contributed by atoms with Crippen molar-refractivity contribution >= 4 is 11.6 Å². The molecule has 0 fully saturated rings. The quantitative estimate of drug-likeness (QED) is 0.901. The predicted octanol–water partition coefficient (Wildman–Crippen LogP) is 4.46. The number of hydrogen-bond donors (Lipinski definition) is 1. The number of benzene rings is 2. The van der Waals surface area contributed by atoms with E-state index in [4.69, 9.17) is 16.3 Å². The molecule has 0 radical (unpaired) electrons. The Hall–Kier alpha value is -1.65. The van der Waals surface area contributed by atoms with Gasteiger partial charge in [0.2, 0.25) is 0 Å². The van der Waals surface area contributed by atoms with Crippen molar-refractivity contribution in [3.63, 3.8) is 0 Å². The minimum absolute atomic E-state index is 0.0212. The zero-order chi connectivity index (χ0) is 14.0. The molecule has 19 heavy (non-hydrogen) atoms. The lowest BCUT2D eigenvalue weighted by Crippen LogP contribution is -1.94. The molecule has 0 aliphatic carbocycles. The van der Waals surface area contributed by atoms with Gasteiger partial charge in [-0.1, -0.05) is 17.7 Å². The predicted molar refractivity (Wildman–Crippen MR) is 68.5 cm³/mol. The van der Waals surface area contributed by atoms with E-state index in [2.05, 4.69) is 0 Å². The highest BCUT2D eigenvalue weighted by atomic mass is 35.5. The first kappa shape index (κ1) is 13.8. The lowest BCUT2D eigenvalue weighted by atomic mass is 10.1. The molecule has 2 rings (SSSR count). The topological polar surface area (TPSA) is 29.5 Å². The highest BCUT2D eigenvalue weighted by molar-refractivity contribution is 6.30. The molecule has 0 bridgehead atoms. The molecule has 2 aromatic carbocycles. The summed E-state index contributed by atoms with van der Waals surface area (Å²) in [5, 5.41) is 9.23. The Morgan fingerprint density at radius 3 is 2.42 bits per heavy atom. The summed E-state index contributed by atoms with van der Waals surface area (Å²) in [4.78, 5) is 0. The third kappa shape index (κ3) is 3.22. The van der Waals surface area contributed by atoms with Crippen LogP contribution in [-0.2, 0) is 0 Å². The van der Waals surface area contributed by atoms with Crippen molar-refractivity contribution in [1.29, 1.82) is 0 Å². The van der Waals surface area contributed by atoms with Crippen LogP contribution < -0.4 is 4.74 Å². The van der Waals surface area contributed by atoms with E-state index < -0.39 is 17.7 Å². The molecule has 2 aromatic rings. The third-order valence-corrected chi connectivity index (χ3v) is 2.85. The summed E-state index contributed by atoms with van der Waals surface area (Å²) in [6.45, 7) is 1.54. The summed E-state index contributed by atoms with van der Waals surface area (Å²) in [5.41, 5.74) is 0.446. The van der Waals surface area contributed by atoms with E-state index in [1.54, 1.807) is 6.07 Å². The van der Waals surface area contributed by atoms with Crippen LogP contribution in [0.4, 0.5) is 8.78 Å². The van der Waals surface area contributed by atoms with Gasteiger partial charge in [-0.2, -0.15) is 0 Å². The largest absolute Gasteiger partial charge is 0.454 e. The van der Waals surface area contributed by atoms with E-state index in [0.29, 0.717) is 5.56 Å². The van der Waals surface area contributed by atoms with Gasteiger partial charge in [0.25, 0.3) is 0 Å². The van der Waals surface area contributed by atoms with Gasteiger partial charge in [0, 0.05) is 6.07 Å². The van der Waals surface area contributed by atoms with E-state index in [-0.39, 0.29) is 16.5 Å². The second-order valence-electron chi connectivity index (χ2n) is 4.04. The molecule has 0 saturated heterocycles. The van der Waals surface area contributed by atoms with Crippen LogP contribution in [0.2, 0.25) is 5.02 Å². The highest BCUT2D eigenvalue weighted by Crippen LogP contribution is 2.29. The Morgan fingerprint density at radius 1 is 1.11 bits per heavy atom. The van der Waals surface area contributed by atoms with Crippen molar-refractivity contribution in [2.75, 3.05) is 0 Å². The van der Waals surface area contributed by atoms with Crippen molar-refractivity contribution in [3.05, 3.63) is 58.6 Å². The second-order valence-corrected chi connectivity index (χ2v) is 4.45. The van der Waals surface area contributed by atoms with E-state index in [9.17, 15) is 13.9 Å². The number of rotatable bonds is 3. The minimum Gasteiger partial charge on any atom is -0.454 e. The standard InChI is InChI=1S/C14H11ClF2O2/c1-8(18)9-2-5-14(13(17)6-9)19-10-3-4-12(16)11(15)7-10/h2-8,18H,1H3/t8-/m1/s1. The monoisotopic (exact) mass is 284 g/mol. The molecule has 0 aliphatic rings. The molecule has 0 aromatic heterocycles. The van der Waals surface area contributed by atoms with E-state index >= 15 is 0 Å². The lowest BCUT2D eigenvalue weighted by Gasteiger charge is -2.10. The van der Waals surface area contributed by atoms with Crippen LogP contribution >= 0.6 is 11.6 Å². The molecule has 0 aliphatic heterocycles. The molecule has 5 heteroatoms. The summed E-state index contributed by atoms with van der Waals surface area (Å²) in [6.07, 6.45) is -0.760. The maximum Gasteiger partial charge on any atom is 0.166 e. The molecule has 0 heterocycles. The van der Waals surface area contributed by atoms with E-state index in [1.807, 2.05) is 0 Å². The van der Waals surface area contributed by atoms with Crippen LogP contribution in [0.3, 0.4) is 0 Å². The Bertz CT molecular complexity index is 600. The zero-order valence-corrected chi connectivity index (χ0v) is 10.8. The summed E-state index contributed by atoms with van der Waals surface area (Å²) in [5.74, 6) is -0.972. The van der Waals surface area contributed by atoms with Crippen molar-refractivity contribution < 1.29 is 18.6 Å². The van der Waals surface area contributed by atoms with Gasteiger partial charge in [-0.25, -0.2) is 8.78 Å². The van der Waals surface area contributed by atoms with Gasteiger partial charge in [-0.05, 0) is 36.8 Å². The zero-order valence-electron chi connectivity index (χ0n) is 10.0. The molecule has 100 valence electrons. The van der Waals surface area contributed by atoms with Gasteiger partial charge in [0.05, 0.1) is 11.1 Å². The lowest BCUT2D eigenvalue weighted by molar-refractivity contribution is 0.198. The molecular formula is C14H11ClF2O2. The first-order valence-electron chi connectivity index (χ1n) is 5.58. The number of aliphatic hydroxyl groups excluding tert-OH is 1. The molecule has 0 spiro atoms. The van der Waals surface area contributed by atoms with E-state index in [0.717, 1.165) is 6.07 Å². The van der Waals surface area contributed by atoms with Gasteiger partial charge in [-0.15, -0.1) is 0 Å². The average Bonchev–Trinajstić information content (AvgIpc) is 2.36. The normalized spacial score (nSPS) is 12.3. The van der Waals surface area contributed by atoms with Crippen LogP contribution in [-0.4, -0.2) is 5.11 Å². The fraction of sp³-hybridized carbons (Fsp3) is 0.143. The molecule has 2 nitrogen and oxygen atoms in total. The number of ether oxygens (including phenoxy) is 1. The second kappa shape index (κ2) is 5.55. The van der Waals surface area contributed by atoms with Crippen LogP contribution in [0.25, 0.3) is 0 Å². The fourth-order valence-electron chi connectivity index (χ4n) is 1.53. The van der Waals surface area contributed by atoms with Crippen molar-refractivity contribution in [2.45, 2.75) is 13.0 Å². The first-order chi connectivity index (χ1) is 8.97. The smallest absolute Gasteiger partial charge is 0.166 e. The SMILES string of the molecule is C[C@@H](O)c1ccc(Oc2ccc(F)c(Cl)c2)c(F)c1. The maximum absolute atomic E-state index is 13.7. The maximum atomic E-state index is 13.7. The summed E-state index contributed by atoms with van der Waals surface area (Å²) in [7, 11) is 0. The van der Waals surface area contributed by atoms with E-state index in [1.165, 1.54) is 31.2 Å². The molecule has 1 atom stereocenters. The molecular weight excluding hydrogens is 274 g/mol.